The van der Waals surface area contributed by atoms with Gasteiger partial charge in [-0.2, -0.15) is 0 Å². The van der Waals surface area contributed by atoms with E-state index in [2.05, 4.69) is 5.32 Å². The third-order valence-electron chi connectivity index (χ3n) is 6.08. The van der Waals surface area contributed by atoms with Crippen molar-refractivity contribution >= 4 is 23.6 Å². The Morgan fingerprint density at radius 2 is 1.66 bits per heavy atom. The fourth-order valence-electron chi connectivity index (χ4n) is 4.57. The molecule has 0 bridgehead atoms. The van der Waals surface area contributed by atoms with Crippen LogP contribution in [0.3, 0.4) is 0 Å². The average Bonchev–Trinajstić information content (AvgIpc) is 3.22. The molecule has 1 aromatic carbocycles. The number of rotatable bonds is 6. The molecule has 1 aliphatic carbocycles. The summed E-state index contributed by atoms with van der Waals surface area (Å²) in [5, 5.41) is 12.2. The first kappa shape index (κ1) is 21.0. The van der Waals surface area contributed by atoms with E-state index in [4.69, 9.17) is 0 Å². The molecule has 2 atom stereocenters. The van der Waals surface area contributed by atoms with E-state index in [1.807, 2.05) is 0 Å². The zero-order valence-corrected chi connectivity index (χ0v) is 16.7. The van der Waals surface area contributed by atoms with Crippen LogP contribution in [0.5, 0.6) is 0 Å². The molecule has 156 valence electrons. The zero-order chi connectivity index (χ0) is 21.0. The summed E-state index contributed by atoms with van der Waals surface area (Å²) in [6.07, 6.45) is 6.16. The lowest BCUT2D eigenvalue weighted by Crippen LogP contribution is -2.54. The molecule has 1 saturated heterocycles. The smallest absolute Gasteiger partial charge is 0.336 e. The number of nitrogens with zero attached hydrogens (tertiary/aromatic N) is 1. The first-order valence-corrected chi connectivity index (χ1v) is 10.3. The molecule has 29 heavy (non-hydrogen) atoms. The number of amides is 2. The lowest BCUT2D eigenvalue weighted by molar-refractivity contribution is -0.139. The molecule has 0 radical (unpaired) electrons. The van der Waals surface area contributed by atoms with Crippen LogP contribution in [-0.4, -0.2) is 52.2 Å². The van der Waals surface area contributed by atoms with Crippen molar-refractivity contribution in [3.8, 4) is 0 Å². The van der Waals surface area contributed by atoms with Gasteiger partial charge in [-0.3, -0.25) is 14.4 Å². The maximum Gasteiger partial charge on any atom is 0.336 e. The molecule has 2 unspecified atom stereocenters. The van der Waals surface area contributed by atoms with Crippen LogP contribution in [0, 0.1) is 5.92 Å². The SMILES string of the molecule is CC(=O)C1CCCN1C(=O)C(NC(=O)c1ccccc1C(=O)O)C1CCCCC1. The summed E-state index contributed by atoms with van der Waals surface area (Å²) in [5.74, 6) is -2.03. The third-order valence-corrected chi connectivity index (χ3v) is 6.08. The molecule has 3 rings (SSSR count). The number of carbonyl (C=O) groups excluding carboxylic acids is 3. The number of benzene rings is 1. The van der Waals surface area contributed by atoms with Crippen molar-refractivity contribution in [3.63, 3.8) is 0 Å². The van der Waals surface area contributed by atoms with Crippen LogP contribution in [-0.2, 0) is 9.59 Å². The minimum atomic E-state index is -1.19. The molecule has 2 aliphatic rings. The molecule has 1 heterocycles. The van der Waals surface area contributed by atoms with E-state index in [9.17, 15) is 24.3 Å². The molecular formula is C22H28N2O5. The van der Waals surface area contributed by atoms with Gasteiger partial charge in [0.05, 0.1) is 17.2 Å². The Labute approximate surface area is 170 Å². The summed E-state index contributed by atoms with van der Waals surface area (Å²) < 4.78 is 0. The maximum absolute atomic E-state index is 13.4. The summed E-state index contributed by atoms with van der Waals surface area (Å²) in [5.41, 5.74) is -0.0548. The van der Waals surface area contributed by atoms with E-state index in [-0.39, 0.29) is 28.7 Å². The topological polar surface area (TPSA) is 104 Å². The standard InChI is InChI=1S/C22H28N2O5/c1-14(25)18-12-7-13-24(18)21(27)19(15-8-3-2-4-9-15)23-20(26)16-10-5-6-11-17(16)22(28)29/h5-6,10-11,15,18-19H,2-4,7-9,12-13H2,1H3,(H,23,26)(H,28,29). The summed E-state index contributed by atoms with van der Waals surface area (Å²) in [6, 6.07) is 4.81. The Bertz CT molecular complexity index is 800. The summed E-state index contributed by atoms with van der Waals surface area (Å²) >= 11 is 0. The predicted octanol–water partition coefficient (Wildman–Crippen LogP) is 2.64. The Kier molecular flexibility index (Phi) is 6.67. The summed E-state index contributed by atoms with van der Waals surface area (Å²) in [6.45, 7) is 2.00. The molecule has 2 N–H and O–H groups in total. The fourth-order valence-corrected chi connectivity index (χ4v) is 4.57. The van der Waals surface area contributed by atoms with Crippen molar-refractivity contribution in [1.29, 1.82) is 0 Å². The van der Waals surface area contributed by atoms with Gasteiger partial charge in [-0.25, -0.2) is 4.79 Å². The highest BCUT2D eigenvalue weighted by Crippen LogP contribution is 2.29. The number of likely N-dealkylation sites (tertiary alicyclic amines) is 1. The molecule has 1 aliphatic heterocycles. The number of aromatic carboxylic acids is 1. The van der Waals surface area contributed by atoms with Gasteiger partial charge < -0.3 is 15.3 Å². The Hall–Kier alpha value is -2.70. The quantitative estimate of drug-likeness (QED) is 0.764. The zero-order valence-electron chi connectivity index (χ0n) is 16.7. The van der Waals surface area contributed by atoms with E-state index in [1.165, 1.54) is 19.1 Å². The van der Waals surface area contributed by atoms with Gasteiger partial charge in [-0.05, 0) is 50.7 Å². The van der Waals surface area contributed by atoms with Crippen molar-refractivity contribution < 1.29 is 24.3 Å². The molecular weight excluding hydrogens is 372 g/mol. The van der Waals surface area contributed by atoms with Crippen LogP contribution < -0.4 is 5.32 Å². The van der Waals surface area contributed by atoms with Crippen LogP contribution in [0.25, 0.3) is 0 Å². The van der Waals surface area contributed by atoms with E-state index >= 15 is 0 Å². The third kappa shape index (κ3) is 4.66. The Balaban J connectivity index is 1.86. The maximum atomic E-state index is 13.4. The van der Waals surface area contributed by atoms with E-state index in [0.717, 1.165) is 38.5 Å². The lowest BCUT2D eigenvalue weighted by atomic mass is 9.83. The van der Waals surface area contributed by atoms with Crippen LogP contribution >= 0.6 is 0 Å². The van der Waals surface area contributed by atoms with Gasteiger partial charge in [0.2, 0.25) is 5.91 Å². The van der Waals surface area contributed by atoms with Gasteiger partial charge in [0.15, 0.2) is 5.78 Å². The lowest BCUT2D eigenvalue weighted by Gasteiger charge is -2.34. The van der Waals surface area contributed by atoms with Gasteiger partial charge in [0.1, 0.15) is 6.04 Å². The highest BCUT2D eigenvalue weighted by Gasteiger charge is 2.39. The number of nitrogens with one attached hydrogen (secondary N) is 1. The van der Waals surface area contributed by atoms with Gasteiger partial charge in [-0.1, -0.05) is 31.4 Å². The number of carboxylic acids is 1. The molecule has 7 heteroatoms. The first-order chi connectivity index (χ1) is 13.9. The molecule has 2 amide bonds. The molecule has 2 fully saturated rings. The largest absolute Gasteiger partial charge is 0.478 e. The van der Waals surface area contributed by atoms with Crippen molar-refractivity contribution in [1.82, 2.24) is 10.2 Å². The first-order valence-electron chi connectivity index (χ1n) is 10.3. The van der Waals surface area contributed by atoms with Crippen molar-refractivity contribution in [3.05, 3.63) is 35.4 Å². The average molecular weight is 400 g/mol. The summed E-state index contributed by atoms with van der Waals surface area (Å²) in [7, 11) is 0. The number of carbonyl (C=O) groups is 4. The highest BCUT2D eigenvalue weighted by molar-refractivity contribution is 6.06. The molecule has 7 nitrogen and oxygen atoms in total. The Morgan fingerprint density at radius 1 is 1.00 bits per heavy atom. The Morgan fingerprint density at radius 3 is 2.28 bits per heavy atom. The molecule has 0 spiro atoms. The highest BCUT2D eigenvalue weighted by atomic mass is 16.4. The van der Waals surface area contributed by atoms with Crippen LogP contribution in [0.2, 0.25) is 0 Å². The van der Waals surface area contributed by atoms with Gasteiger partial charge in [-0.15, -0.1) is 0 Å². The van der Waals surface area contributed by atoms with Crippen LogP contribution in [0.4, 0.5) is 0 Å². The second-order valence-electron chi connectivity index (χ2n) is 8.00. The number of hydrogen-bond donors (Lipinski definition) is 2. The molecule has 1 saturated carbocycles. The second-order valence-corrected chi connectivity index (χ2v) is 8.00. The van der Waals surface area contributed by atoms with Crippen molar-refractivity contribution in [2.45, 2.75) is 64.0 Å². The fraction of sp³-hybridized carbons (Fsp3) is 0.545. The summed E-state index contributed by atoms with van der Waals surface area (Å²) in [4.78, 5) is 51.4. The van der Waals surface area contributed by atoms with Crippen molar-refractivity contribution in [2.75, 3.05) is 6.54 Å². The number of ketones is 1. The van der Waals surface area contributed by atoms with Crippen LogP contribution in [0.1, 0.15) is 72.6 Å². The number of hydrogen-bond acceptors (Lipinski definition) is 4. The van der Waals surface area contributed by atoms with Gasteiger partial charge >= 0.3 is 5.97 Å². The van der Waals surface area contributed by atoms with Gasteiger partial charge in [0.25, 0.3) is 5.91 Å². The number of carboxylic acid groups (broad SMARTS) is 1. The minimum Gasteiger partial charge on any atom is -0.478 e. The van der Waals surface area contributed by atoms with E-state index in [1.54, 1.807) is 17.0 Å². The predicted molar refractivity (Wildman–Crippen MR) is 107 cm³/mol. The normalized spacial score (nSPS) is 20.9. The molecule has 0 aromatic heterocycles. The minimum absolute atomic E-state index is 0.00889. The second kappa shape index (κ2) is 9.20. The number of Topliss-reactive ketones (excluding diaryl/α,β-unsaturated/α-hetero) is 1. The van der Waals surface area contributed by atoms with Crippen LogP contribution in [0.15, 0.2) is 24.3 Å². The monoisotopic (exact) mass is 400 g/mol. The van der Waals surface area contributed by atoms with Gasteiger partial charge in [0, 0.05) is 6.54 Å². The van der Waals surface area contributed by atoms with E-state index in [0.29, 0.717) is 13.0 Å². The van der Waals surface area contributed by atoms with E-state index < -0.39 is 24.0 Å². The molecule has 1 aromatic rings. The van der Waals surface area contributed by atoms with Crippen molar-refractivity contribution in [2.24, 2.45) is 5.92 Å².